The van der Waals surface area contributed by atoms with Crippen LogP contribution in [0, 0.1) is 6.92 Å². The van der Waals surface area contributed by atoms with Gasteiger partial charge in [0.05, 0.1) is 0 Å². The summed E-state index contributed by atoms with van der Waals surface area (Å²) in [4.78, 5) is 12.5. The first kappa shape index (κ1) is 9.77. The highest BCUT2D eigenvalue weighted by Gasteiger charge is 2.00. The number of hydrogen-bond acceptors (Lipinski definition) is 3. The van der Waals surface area contributed by atoms with Gasteiger partial charge >= 0.3 is 0 Å². The van der Waals surface area contributed by atoms with Gasteiger partial charge in [0.25, 0.3) is 0 Å². The monoisotopic (exact) mass is 199 g/mol. The van der Waals surface area contributed by atoms with E-state index in [2.05, 4.69) is 27.9 Å². The lowest BCUT2D eigenvalue weighted by Gasteiger charge is -2.02. The predicted octanol–water partition coefficient (Wildman–Crippen LogP) is 2.41. The molecule has 0 aromatic carbocycles. The lowest BCUT2D eigenvalue weighted by atomic mass is 10.1. The molecule has 2 rings (SSSR count). The standard InChI is InChI=1S/C12H13N3/c1-3-10-4-11(6-13-5-10)12-7-14-9(2)15-8-12/h4-8H,3H2,1-2H3. The molecule has 0 radical (unpaired) electrons. The molecular weight excluding hydrogens is 186 g/mol. The Morgan fingerprint density at radius 2 is 1.73 bits per heavy atom. The van der Waals surface area contributed by atoms with Gasteiger partial charge in [-0.3, -0.25) is 4.98 Å². The van der Waals surface area contributed by atoms with Crippen molar-refractivity contribution in [3.63, 3.8) is 0 Å². The maximum atomic E-state index is 4.20. The highest BCUT2D eigenvalue weighted by molar-refractivity contribution is 5.60. The second-order valence-corrected chi connectivity index (χ2v) is 3.45. The molecule has 0 N–H and O–H groups in total. The van der Waals surface area contributed by atoms with Gasteiger partial charge in [-0.1, -0.05) is 6.92 Å². The van der Waals surface area contributed by atoms with Crippen LogP contribution in [0.3, 0.4) is 0 Å². The second kappa shape index (κ2) is 4.17. The molecule has 0 amide bonds. The summed E-state index contributed by atoms with van der Waals surface area (Å²) in [5.41, 5.74) is 3.32. The van der Waals surface area contributed by atoms with Crippen LogP contribution in [0.1, 0.15) is 18.3 Å². The molecule has 0 aliphatic heterocycles. The number of nitrogens with zero attached hydrogens (tertiary/aromatic N) is 3. The Bertz CT molecular complexity index is 449. The highest BCUT2D eigenvalue weighted by atomic mass is 14.8. The quantitative estimate of drug-likeness (QED) is 0.745. The minimum Gasteiger partial charge on any atom is -0.264 e. The molecule has 0 fully saturated rings. The lowest BCUT2D eigenvalue weighted by Crippen LogP contribution is -1.90. The van der Waals surface area contributed by atoms with Gasteiger partial charge in [-0.25, -0.2) is 9.97 Å². The smallest absolute Gasteiger partial charge is 0.125 e. The molecule has 2 aromatic heterocycles. The highest BCUT2D eigenvalue weighted by Crippen LogP contribution is 2.17. The van der Waals surface area contributed by atoms with Gasteiger partial charge in [0.2, 0.25) is 0 Å². The molecule has 0 unspecified atom stereocenters. The van der Waals surface area contributed by atoms with Crippen molar-refractivity contribution in [2.24, 2.45) is 0 Å². The summed E-state index contributed by atoms with van der Waals surface area (Å²) in [6, 6.07) is 2.13. The van der Waals surface area contributed by atoms with E-state index in [0.717, 1.165) is 23.4 Å². The van der Waals surface area contributed by atoms with Crippen molar-refractivity contribution >= 4 is 0 Å². The summed E-state index contributed by atoms with van der Waals surface area (Å²) in [7, 11) is 0. The Balaban J connectivity index is 2.40. The van der Waals surface area contributed by atoms with Crippen LogP contribution in [0.4, 0.5) is 0 Å². The number of aryl methyl sites for hydroxylation is 2. The Hall–Kier alpha value is -1.77. The number of aromatic nitrogens is 3. The largest absolute Gasteiger partial charge is 0.264 e. The lowest BCUT2D eigenvalue weighted by molar-refractivity contribution is 1.05. The molecule has 0 aliphatic carbocycles. The normalized spacial score (nSPS) is 10.3. The minimum absolute atomic E-state index is 0.790. The maximum Gasteiger partial charge on any atom is 0.125 e. The zero-order valence-corrected chi connectivity index (χ0v) is 8.94. The Morgan fingerprint density at radius 3 is 2.40 bits per heavy atom. The number of rotatable bonds is 2. The average Bonchev–Trinajstić information content (AvgIpc) is 2.30. The van der Waals surface area contributed by atoms with Crippen molar-refractivity contribution in [1.82, 2.24) is 15.0 Å². The van der Waals surface area contributed by atoms with Crippen LogP contribution >= 0.6 is 0 Å². The summed E-state index contributed by atoms with van der Waals surface area (Å²) in [6.45, 7) is 4.00. The van der Waals surface area contributed by atoms with E-state index in [1.54, 1.807) is 0 Å². The van der Waals surface area contributed by atoms with Crippen LogP contribution < -0.4 is 0 Å². The molecule has 0 atom stereocenters. The van der Waals surface area contributed by atoms with E-state index < -0.39 is 0 Å². The predicted molar refractivity (Wildman–Crippen MR) is 59.4 cm³/mol. The maximum absolute atomic E-state index is 4.20. The van der Waals surface area contributed by atoms with E-state index in [-0.39, 0.29) is 0 Å². The topological polar surface area (TPSA) is 38.7 Å². The molecule has 0 aliphatic rings. The van der Waals surface area contributed by atoms with Crippen LogP contribution in [0.15, 0.2) is 30.9 Å². The van der Waals surface area contributed by atoms with Gasteiger partial charge in [0.1, 0.15) is 5.82 Å². The van der Waals surface area contributed by atoms with Gasteiger partial charge in [0, 0.05) is 35.9 Å². The van der Waals surface area contributed by atoms with Crippen molar-refractivity contribution < 1.29 is 0 Å². The van der Waals surface area contributed by atoms with Crippen molar-refractivity contribution in [3.8, 4) is 11.1 Å². The average molecular weight is 199 g/mol. The molecule has 15 heavy (non-hydrogen) atoms. The van der Waals surface area contributed by atoms with Crippen molar-refractivity contribution in [2.45, 2.75) is 20.3 Å². The van der Waals surface area contributed by atoms with Crippen LogP contribution in [0.2, 0.25) is 0 Å². The van der Waals surface area contributed by atoms with Gasteiger partial charge in [-0.15, -0.1) is 0 Å². The van der Waals surface area contributed by atoms with E-state index in [0.29, 0.717) is 0 Å². The molecule has 0 spiro atoms. The van der Waals surface area contributed by atoms with Crippen molar-refractivity contribution in [1.29, 1.82) is 0 Å². The van der Waals surface area contributed by atoms with E-state index >= 15 is 0 Å². The first-order valence-corrected chi connectivity index (χ1v) is 5.02. The Kier molecular flexibility index (Phi) is 2.72. The molecule has 0 bridgehead atoms. The fourth-order valence-corrected chi connectivity index (χ4v) is 1.38. The molecule has 2 aromatic rings. The third kappa shape index (κ3) is 2.18. The fourth-order valence-electron chi connectivity index (χ4n) is 1.38. The minimum atomic E-state index is 0.790. The van der Waals surface area contributed by atoms with E-state index in [9.17, 15) is 0 Å². The summed E-state index contributed by atoms with van der Waals surface area (Å²) in [6.07, 6.45) is 8.39. The molecule has 2 heterocycles. The summed E-state index contributed by atoms with van der Waals surface area (Å²) in [5, 5.41) is 0. The summed E-state index contributed by atoms with van der Waals surface area (Å²) in [5.74, 6) is 0.790. The molecule has 0 saturated heterocycles. The zero-order valence-electron chi connectivity index (χ0n) is 8.94. The van der Waals surface area contributed by atoms with E-state index in [1.165, 1.54) is 5.56 Å². The first-order valence-electron chi connectivity index (χ1n) is 5.02. The van der Waals surface area contributed by atoms with Crippen LogP contribution in [-0.2, 0) is 6.42 Å². The van der Waals surface area contributed by atoms with E-state index in [4.69, 9.17) is 0 Å². The first-order chi connectivity index (χ1) is 7.29. The third-order valence-corrected chi connectivity index (χ3v) is 2.32. The van der Waals surface area contributed by atoms with Crippen LogP contribution in [-0.4, -0.2) is 15.0 Å². The van der Waals surface area contributed by atoms with E-state index in [1.807, 2.05) is 31.7 Å². The molecule has 0 saturated carbocycles. The third-order valence-electron chi connectivity index (χ3n) is 2.32. The van der Waals surface area contributed by atoms with Crippen molar-refractivity contribution in [2.75, 3.05) is 0 Å². The molecule has 3 nitrogen and oxygen atoms in total. The van der Waals surface area contributed by atoms with Crippen molar-refractivity contribution in [3.05, 3.63) is 42.2 Å². The molecular formula is C12H13N3. The number of hydrogen-bond donors (Lipinski definition) is 0. The Labute approximate surface area is 89.2 Å². The summed E-state index contributed by atoms with van der Waals surface area (Å²) >= 11 is 0. The zero-order chi connectivity index (χ0) is 10.7. The van der Waals surface area contributed by atoms with Crippen LogP contribution in [0.5, 0.6) is 0 Å². The molecule has 76 valence electrons. The second-order valence-electron chi connectivity index (χ2n) is 3.45. The summed E-state index contributed by atoms with van der Waals surface area (Å²) < 4.78 is 0. The van der Waals surface area contributed by atoms with Gasteiger partial charge < -0.3 is 0 Å². The fraction of sp³-hybridized carbons (Fsp3) is 0.250. The SMILES string of the molecule is CCc1cncc(-c2cnc(C)nc2)c1. The van der Waals surface area contributed by atoms with Gasteiger partial charge in [-0.05, 0) is 25.0 Å². The number of pyridine rings is 1. The molecule has 3 heteroatoms. The van der Waals surface area contributed by atoms with Crippen LogP contribution in [0.25, 0.3) is 11.1 Å². The van der Waals surface area contributed by atoms with Gasteiger partial charge in [0.15, 0.2) is 0 Å². The Morgan fingerprint density at radius 1 is 1.00 bits per heavy atom. The van der Waals surface area contributed by atoms with Gasteiger partial charge in [-0.2, -0.15) is 0 Å².